The molecule has 92 valence electrons. The summed E-state index contributed by atoms with van der Waals surface area (Å²) in [6, 6.07) is 6.70. The van der Waals surface area contributed by atoms with Crippen molar-refractivity contribution in [3.05, 3.63) is 29.8 Å². The minimum atomic E-state index is -0.0280. The average molecular weight is 235 g/mol. The number of nitrogens with zero attached hydrogens (tertiary/aromatic N) is 1. The van der Waals surface area contributed by atoms with E-state index >= 15 is 0 Å². The van der Waals surface area contributed by atoms with Crippen molar-refractivity contribution in [1.82, 2.24) is 4.90 Å². The Kier molecular flexibility index (Phi) is 3.64. The van der Waals surface area contributed by atoms with E-state index in [1.165, 1.54) is 0 Å². The molecule has 1 aromatic rings. The molecule has 0 spiro atoms. The van der Waals surface area contributed by atoms with Gasteiger partial charge in [-0.1, -0.05) is 12.1 Å². The summed E-state index contributed by atoms with van der Waals surface area (Å²) in [5.74, 6) is 0.197. The van der Waals surface area contributed by atoms with Gasteiger partial charge in [0.2, 0.25) is 5.91 Å². The number of benzene rings is 1. The summed E-state index contributed by atoms with van der Waals surface area (Å²) in [5, 5.41) is 18.5. The van der Waals surface area contributed by atoms with Gasteiger partial charge >= 0.3 is 0 Å². The van der Waals surface area contributed by atoms with Gasteiger partial charge in [0.1, 0.15) is 5.75 Å². The molecule has 1 atom stereocenters. The highest BCUT2D eigenvalue weighted by Gasteiger charge is 2.27. The number of phenols is 1. The molecule has 0 aliphatic carbocycles. The van der Waals surface area contributed by atoms with Gasteiger partial charge < -0.3 is 15.1 Å². The van der Waals surface area contributed by atoms with Crippen LogP contribution >= 0.6 is 0 Å². The second-order valence-electron chi connectivity index (χ2n) is 4.41. The number of carbonyl (C=O) groups is 1. The normalized spacial score (nSPS) is 19.6. The van der Waals surface area contributed by atoms with Crippen LogP contribution in [0.3, 0.4) is 0 Å². The van der Waals surface area contributed by atoms with E-state index in [1.54, 1.807) is 23.1 Å². The molecule has 1 heterocycles. The number of hydrogen-bond donors (Lipinski definition) is 2. The average Bonchev–Trinajstić information content (AvgIpc) is 2.77. The predicted molar refractivity (Wildman–Crippen MR) is 63.6 cm³/mol. The van der Waals surface area contributed by atoms with E-state index in [0.29, 0.717) is 0 Å². The largest absolute Gasteiger partial charge is 0.508 e. The molecule has 4 nitrogen and oxygen atoms in total. The van der Waals surface area contributed by atoms with E-state index in [1.807, 2.05) is 6.07 Å². The topological polar surface area (TPSA) is 60.8 Å². The van der Waals surface area contributed by atoms with Crippen molar-refractivity contribution in [2.24, 2.45) is 0 Å². The van der Waals surface area contributed by atoms with Crippen LogP contribution in [0.1, 0.15) is 18.4 Å². The molecule has 1 aliphatic heterocycles. The molecule has 0 unspecified atom stereocenters. The lowest BCUT2D eigenvalue weighted by Crippen LogP contribution is -2.38. The lowest BCUT2D eigenvalue weighted by Gasteiger charge is -2.23. The standard InChI is InChI=1S/C13H17NO3/c15-9-11-4-2-6-14(11)13(17)8-10-3-1-5-12(16)7-10/h1,3,5,7,11,15-16H,2,4,6,8-9H2/t11-/m0/s1. The smallest absolute Gasteiger partial charge is 0.227 e. The minimum Gasteiger partial charge on any atom is -0.508 e. The fourth-order valence-electron chi connectivity index (χ4n) is 2.30. The van der Waals surface area contributed by atoms with Crippen LogP contribution in [0.4, 0.5) is 0 Å². The van der Waals surface area contributed by atoms with Crippen molar-refractivity contribution >= 4 is 5.91 Å². The van der Waals surface area contributed by atoms with Crippen LogP contribution < -0.4 is 0 Å². The lowest BCUT2D eigenvalue weighted by molar-refractivity contribution is -0.131. The Morgan fingerprint density at radius 3 is 3.00 bits per heavy atom. The second-order valence-corrected chi connectivity index (χ2v) is 4.41. The highest BCUT2D eigenvalue weighted by Crippen LogP contribution is 2.19. The molecule has 2 N–H and O–H groups in total. The zero-order valence-corrected chi connectivity index (χ0v) is 9.67. The van der Waals surface area contributed by atoms with Gasteiger partial charge in [-0.05, 0) is 30.5 Å². The molecular formula is C13H17NO3. The molecule has 0 radical (unpaired) electrons. The number of aliphatic hydroxyl groups excluding tert-OH is 1. The third-order valence-electron chi connectivity index (χ3n) is 3.17. The summed E-state index contributed by atoms with van der Waals surface area (Å²) in [6.07, 6.45) is 2.12. The van der Waals surface area contributed by atoms with E-state index in [0.717, 1.165) is 24.9 Å². The monoisotopic (exact) mass is 235 g/mol. The maximum absolute atomic E-state index is 12.0. The second kappa shape index (κ2) is 5.19. The molecule has 17 heavy (non-hydrogen) atoms. The molecule has 1 aromatic carbocycles. The molecule has 0 bridgehead atoms. The van der Waals surface area contributed by atoms with Crippen LogP contribution in [0, 0.1) is 0 Å². The van der Waals surface area contributed by atoms with Crippen molar-refractivity contribution in [2.75, 3.05) is 13.2 Å². The van der Waals surface area contributed by atoms with E-state index in [-0.39, 0.29) is 30.7 Å². The Bertz CT molecular complexity index is 405. The number of phenolic OH excluding ortho intramolecular Hbond substituents is 1. The molecule has 1 saturated heterocycles. The number of hydrogen-bond acceptors (Lipinski definition) is 3. The fraction of sp³-hybridized carbons (Fsp3) is 0.462. The van der Waals surface area contributed by atoms with E-state index in [9.17, 15) is 9.90 Å². The summed E-state index contributed by atoms with van der Waals surface area (Å²) in [6.45, 7) is 0.759. The zero-order chi connectivity index (χ0) is 12.3. The Labute approximate surface area is 100 Å². The highest BCUT2D eigenvalue weighted by molar-refractivity contribution is 5.79. The van der Waals surface area contributed by atoms with E-state index in [2.05, 4.69) is 0 Å². The first-order chi connectivity index (χ1) is 8.20. The zero-order valence-electron chi connectivity index (χ0n) is 9.67. The Morgan fingerprint density at radius 1 is 1.47 bits per heavy atom. The van der Waals surface area contributed by atoms with Crippen molar-refractivity contribution in [3.63, 3.8) is 0 Å². The lowest BCUT2D eigenvalue weighted by atomic mass is 10.1. The van der Waals surface area contributed by atoms with Gasteiger partial charge in [-0.3, -0.25) is 4.79 Å². The van der Waals surface area contributed by atoms with E-state index in [4.69, 9.17) is 5.11 Å². The van der Waals surface area contributed by atoms with Gasteiger partial charge in [-0.2, -0.15) is 0 Å². The Hall–Kier alpha value is -1.55. The number of carbonyl (C=O) groups excluding carboxylic acids is 1. The highest BCUT2D eigenvalue weighted by atomic mass is 16.3. The van der Waals surface area contributed by atoms with Crippen LogP contribution in [-0.4, -0.2) is 40.2 Å². The number of rotatable bonds is 3. The first kappa shape index (κ1) is 11.9. The third-order valence-corrected chi connectivity index (χ3v) is 3.17. The molecule has 2 rings (SSSR count). The van der Waals surface area contributed by atoms with Crippen molar-refractivity contribution in [2.45, 2.75) is 25.3 Å². The molecule has 1 fully saturated rings. The molecule has 1 amide bonds. The Morgan fingerprint density at radius 2 is 2.29 bits per heavy atom. The fourth-order valence-corrected chi connectivity index (χ4v) is 2.30. The Balaban J connectivity index is 2.01. The van der Waals surface area contributed by atoms with Gasteiger partial charge in [-0.15, -0.1) is 0 Å². The minimum absolute atomic E-state index is 0.0205. The number of aromatic hydroxyl groups is 1. The quantitative estimate of drug-likeness (QED) is 0.819. The van der Waals surface area contributed by atoms with Gasteiger partial charge in [0, 0.05) is 6.54 Å². The molecule has 4 heteroatoms. The first-order valence-electron chi connectivity index (χ1n) is 5.89. The molecular weight excluding hydrogens is 218 g/mol. The van der Waals surface area contributed by atoms with Gasteiger partial charge in [0.25, 0.3) is 0 Å². The van der Waals surface area contributed by atoms with Crippen LogP contribution in [0.5, 0.6) is 5.75 Å². The number of amides is 1. The van der Waals surface area contributed by atoms with Gasteiger partial charge in [-0.25, -0.2) is 0 Å². The first-order valence-corrected chi connectivity index (χ1v) is 5.89. The van der Waals surface area contributed by atoms with Crippen LogP contribution in [0.25, 0.3) is 0 Å². The molecule has 0 saturated carbocycles. The number of aliphatic hydroxyl groups is 1. The van der Waals surface area contributed by atoms with Crippen LogP contribution in [0.15, 0.2) is 24.3 Å². The molecule has 1 aliphatic rings. The van der Waals surface area contributed by atoms with Gasteiger partial charge in [0.15, 0.2) is 0 Å². The van der Waals surface area contributed by atoms with Crippen molar-refractivity contribution < 1.29 is 15.0 Å². The SMILES string of the molecule is O=C(Cc1cccc(O)c1)N1CCC[C@H]1CO. The van der Waals surface area contributed by atoms with Crippen LogP contribution in [-0.2, 0) is 11.2 Å². The van der Waals surface area contributed by atoms with Gasteiger partial charge in [0.05, 0.1) is 19.1 Å². The third kappa shape index (κ3) is 2.77. The summed E-state index contributed by atoms with van der Waals surface area (Å²) in [7, 11) is 0. The predicted octanol–water partition coefficient (Wildman–Crippen LogP) is 0.918. The van der Waals surface area contributed by atoms with E-state index < -0.39 is 0 Å². The summed E-state index contributed by atoms with van der Waals surface area (Å²) < 4.78 is 0. The van der Waals surface area contributed by atoms with Crippen LogP contribution in [0.2, 0.25) is 0 Å². The summed E-state index contributed by atoms with van der Waals surface area (Å²) in [4.78, 5) is 13.8. The summed E-state index contributed by atoms with van der Waals surface area (Å²) in [5.41, 5.74) is 0.804. The maximum atomic E-state index is 12.0. The maximum Gasteiger partial charge on any atom is 0.227 e. The van der Waals surface area contributed by atoms with Crippen molar-refractivity contribution in [3.8, 4) is 5.75 Å². The number of likely N-dealkylation sites (tertiary alicyclic amines) is 1. The van der Waals surface area contributed by atoms with Crippen molar-refractivity contribution in [1.29, 1.82) is 0 Å². The summed E-state index contributed by atoms with van der Waals surface area (Å²) >= 11 is 0. The molecule has 0 aromatic heterocycles.